The van der Waals surface area contributed by atoms with Crippen LogP contribution < -0.4 is 4.72 Å². The van der Waals surface area contributed by atoms with E-state index in [2.05, 4.69) is 4.72 Å². The SMILES string of the molecule is CCOC(=O)C(Cc1cccc(C#N)c1)NS(=O)(=O)c1ccc2c(c1)CN(C(=O)C(F)(F)F)CC2. The van der Waals surface area contributed by atoms with E-state index < -0.39 is 34.1 Å². The highest BCUT2D eigenvalue weighted by molar-refractivity contribution is 7.89. The summed E-state index contributed by atoms with van der Waals surface area (Å²) in [7, 11) is -4.30. The van der Waals surface area contributed by atoms with Crippen LogP contribution in [0.3, 0.4) is 0 Å². The van der Waals surface area contributed by atoms with E-state index in [0.717, 1.165) is 0 Å². The van der Waals surface area contributed by atoms with E-state index >= 15 is 0 Å². The Morgan fingerprint density at radius 1 is 1.20 bits per heavy atom. The van der Waals surface area contributed by atoms with Gasteiger partial charge in [-0.15, -0.1) is 0 Å². The second kappa shape index (κ2) is 10.5. The number of ether oxygens (including phenoxy) is 1. The molecule has 0 bridgehead atoms. The smallest absolute Gasteiger partial charge is 0.465 e. The summed E-state index contributed by atoms with van der Waals surface area (Å²) < 4.78 is 72.0. The molecule has 0 saturated heterocycles. The Balaban J connectivity index is 1.86. The number of benzene rings is 2. The zero-order valence-electron chi connectivity index (χ0n) is 18.6. The zero-order valence-corrected chi connectivity index (χ0v) is 19.4. The van der Waals surface area contributed by atoms with Crippen LogP contribution in [0.25, 0.3) is 0 Å². The highest BCUT2D eigenvalue weighted by Crippen LogP contribution is 2.27. The van der Waals surface area contributed by atoms with Crippen molar-refractivity contribution in [2.24, 2.45) is 0 Å². The molecule has 1 amide bonds. The third-order valence-electron chi connectivity index (χ3n) is 5.39. The molecule has 1 N–H and O–H groups in total. The summed E-state index contributed by atoms with van der Waals surface area (Å²) in [4.78, 5) is 24.5. The number of sulfonamides is 1. The Morgan fingerprint density at radius 3 is 2.60 bits per heavy atom. The van der Waals surface area contributed by atoms with E-state index in [-0.39, 0.29) is 43.0 Å². The van der Waals surface area contributed by atoms with E-state index in [1.54, 1.807) is 25.1 Å². The molecule has 186 valence electrons. The van der Waals surface area contributed by atoms with Crippen molar-refractivity contribution in [3.05, 3.63) is 64.7 Å². The van der Waals surface area contributed by atoms with E-state index in [1.807, 2.05) is 6.07 Å². The summed E-state index contributed by atoms with van der Waals surface area (Å²) in [6.07, 6.45) is -4.98. The number of nitrogens with zero attached hydrogens (tertiary/aromatic N) is 2. The largest absolute Gasteiger partial charge is 0.471 e. The van der Waals surface area contributed by atoms with Gasteiger partial charge in [-0.05, 0) is 60.7 Å². The number of esters is 1. The molecule has 2 aromatic rings. The summed E-state index contributed by atoms with van der Waals surface area (Å²) >= 11 is 0. The molecule has 0 radical (unpaired) electrons. The van der Waals surface area contributed by atoms with Gasteiger partial charge in [0, 0.05) is 13.1 Å². The summed E-state index contributed by atoms with van der Waals surface area (Å²) in [5.74, 6) is -2.81. The quantitative estimate of drug-likeness (QED) is 0.574. The van der Waals surface area contributed by atoms with Gasteiger partial charge < -0.3 is 9.64 Å². The van der Waals surface area contributed by atoms with Crippen LogP contribution in [0.4, 0.5) is 13.2 Å². The maximum Gasteiger partial charge on any atom is 0.471 e. The molecule has 35 heavy (non-hydrogen) atoms. The Labute approximate surface area is 200 Å². The summed E-state index contributed by atoms with van der Waals surface area (Å²) in [5.41, 5.74) is 1.76. The van der Waals surface area contributed by atoms with Crippen molar-refractivity contribution < 1.29 is 35.9 Å². The first-order valence-corrected chi connectivity index (χ1v) is 12.1. The molecular formula is C23H22F3N3O5S. The van der Waals surface area contributed by atoms with Gasteiger partial charge >= 0.3 is 18.1 Å². The number of rotatable bonds is 7. The molecule has 3 rings (SSSR count). The van der Waals surface area contributed by atoms with Crippen molar-refractivity contribution in [1.29, 1.82) is 5.26 Å². The van der Waals surface area contributed by atoms with Crippen LogP contribution in [0.5, 0.6) is 0 Å². The predicted molar refractivity (Wildman–Crippen MR) is 117 cm³/mol. The molecule has 0 aliphatic carbocycles. The van der Waals surface area contributed by atoms with Crippen molar-refractivity contribution in [2.75, 3.05) is 13.2 Å². The van der Waals surface area contributed by atoms with Crippen LogP contribution >= 0.6 is 0 Å². The average Bonchev–Trinajstić information content (AvgIpc) is 2.82. The van der Waals surface area contributed by atoms with Crippen molar-refractivity contribution in [3.63, 3.8) is 0 Å². The lowest BCUT2D eigenvalue weighted by Gasteiger charge is -2.29. The molecule has 1 aliphatic rings. The molecule has 0 aromatic heterocycles. The molecule has 1 atom stereocenters. The lowest BCUT2D eigenvalue weighted by Crippen LogP contribution is -2.44. The predicted octanol–water partition coefficient (Wildman–Crippen LogP) is 2.46. The standard InChI is InChI=1S/C23H22F3N3O5S/c1-2-34-21(30)20(11-15-4-3-5-16(10-15)13-27)28-35(32,33)19-7-6-17-8-9-29(14-18(17)12-19)22(31)23(24,25)26/h3-7,10,12,20,28H,2,8-9,11,14H2,1H3. The van der Waals surface area contributed by atoms with Crippen LogP contribution in [0.1, 0.15) is 29.2 Å². The second-order valence-electron chi connectivity index (χ2n) is 7.85. The fourth-order valence-electron chi connectivity index (χ4n) is 3.73. The third kappa shape index (κ3) is 6.37. The number of fused-ring (bicyclic) bond motifs is 1. The van der Waals surface area contributed by atoms with Gasteiger partial charge in [0.1, 0.15) is 6.04 Å². The highest BCUT2D eigenvalue weighted by Gasteiger charge is 2.43. The number of halogens is 3. The van der Waals surface area contributed by atoms with E-state index in [4.69, 9.17) is 10.00 Å². The molecule has 12 heteroatoms. The molecule has 0 fully saturated rings. The van der Waals surface area contributed by atoms with Gasteiger partial charge in [0.2, 0.25) is 10.0 Å². The number of nitrogens with one attached hydrogen (secondary N) is 1. The monoisotopic (exact) mass is 509 g/mol. The van der Waals surface area contributed by atoms with Gasteiger partial charge in [-0.2, -0.15) is 23.2 Å². The maximum atomic E-state index is 13.1. The van der Waals surface area contributed by atoms with E-state index in [1.165, 1.54) is 24.3 Å². The molecule has 1 unspecified atom stereocenters. The first kappa shape index (κ1) is 26.2. The number of hydrogen-bond donors (Lipinski definition) is 1. The average molecular weight is 510 g/mol. The van der Waals surface area contributed by atoms with Gasteiger partial charge in [0.05, 0.1) is 23.1 Å². The van der Waals surface area contributed by atoms with Crippen LogP contribution in [-0.2, 0) is 43.7 Å². The second-order valence-corrected chi connectivity index (χ2v) is 9.56. The number of carbonyl (C=O) groups is 2. The Bertz CT molecular complexity index is 1270. The first-order valence-electron chi connectivity index (χ1n) is 10.6. The third-order valence-corrected chi connectivity index (χ3v) is 6.86. The van der Waals surface area contributed by atoms with Crippen molar-refractivity contribution in [3.8, 4) is 6.07 Å². The molecule has 2 aromatic carbocycles. The fourth-order valence-corrected chi connectivity index (χ4v) is 4.96. The number of nitriles is 1. The molecule has 8 nitrogen and oxygen atoms in total. The number of alkyl halides is 3. The number of amides is 1. The Morgan fingerprint density at radius 2 is 1.94 bits per heavy atom. The zero-order chi connectivity index (χ0) is 25.8. The lowest BCUT2D eigenvalue weighted by atomic mass is 10.00. The number of carbonyl (C=O) groups excluding carboxylic acids is 2. The van der Waals surface area contributed by atoms with Crippen molar-refractivity contribution >= 4 is 21.9 Å². The fraction of sp³-hybridized carbons (Fsp3) is 0.348. The first-order chi connectivity index (χ1) is 16.4. The maximum absolute atomic E-state index is 13.1. The summed E-state index contributed by atoms with van der Waals surface area (Å²) in [6.45, 7) is 1.05. The van der Waals surface area contributed by atoms with Crippen LogP contribution in [0, 0.1) is 11.3 Å². The molecule has 0 spiro atoms. The van der Waals surface area contributed by atoms with Crippen LogP contribution in [0.2, 0.25) is 0 Å². The lowest BCUT2D eigenvalue weighted by molar-refractivity contribution is -0.186. The topological polar surface area (TPSA) is 117 Å². The summed E-state index contributed by atoms with van der Waals surface area (Å²) in [5, 5.41) is 9.08. The van der Waals surface area contributed by atoms with Crippen molar-refractivity contribution in [2.45, 2.75) is 43.4 Å². The normalized spacial score (nSPS) is 14.5. The van der Waals surface area contributed by atoms with Crippen LogP contribution in [0.15, 0.2) is 47.4 Å². The highest BCUT2D eigenvalue weighted by atomic mass is 32.2. The minimum atomic E-state index is -5.03. The summed E-state index contributed by atoms with van der Waals surface area (Å²) in [6, 6.07) is 10.9. The number of hydrogen-bond acceptors (Lipinski definition) is 6. The Hall–Kier alpha value is -3.43. The minimum absolute atomic E-state index is 0.0111. The van der Waals surface area contributed by atoms with Crippen LogP contribution in [-0.4, -0.2) is 50.6 Å². The van der Waals surface area contributed by atoms with Gasteiger partial charge in [-0.1, -0.05) is 18.2 Å². The molecule has 0 saturated carbocycles. The van der Waals surface area contributed by atoms with Gasteiger partial charge in [-0.3, -0.25) is 9.59 Å². The van der Waals surface area contributed by atoms with E-state index in [0.29, 0.717) is 21.6 Å². The van der Waals surface area contributed by atoms with Gasteiger partial charge in [0.15, 0.2) is 0 Å². The molecule has 1 heterocycles. The Kier molecular flexibility index (Phi) is 7.82. The molecular weight excluding hydrogens is 487 g/mol. The van der Waals surface area contributed by atoms with Crippen molar-refractivity contribution in [1.82, 2.24) is 9.62 Å². The minimum Gasteiger partial charge on any atom is -0.465 e. The van der Waals surface area contributed by atoms with Gasteiger partial charge in [0.25, 0.3) is 0 Å². The van der Waals surface area contributed by atoms with Gasteiger partial charge in [-0.25, -0.2) is 8.42 Å². The van der Waals surface area contributed by atoms with E-state index in [9.17, 15) is 31.2 Å². The molecule has 1 aliphatic heterocycles.